The third-order valence-corrected chi connectivity index (χ3v) is 2.51. The Morgan fingerprint density at radius 2 is 2.14 bits per heavy atom. The summed E-state index contributed by atoms with van der Waals surface area (Å²) in [5.74, 6) is 0.522. The molecule has 14 heavy (non-hydrogen) atoms. The molecule has 0 aromatic rings. The molecule has 0 bridgehead atoms. The summed E-state index contributed by atoms with van der Waals surface area (Å²) in [6, 6.07) is 0. The first-order valence-electron chi connectivity index (χ1n) is 4.93. The molecule has 1 rings (SSSR count). The quantitative estimate of drug-likeness (QED) is 0.707. The van der Waals surface area contributed by atoms with Gasteiger partial charge in [-0.25, -0.2) is 0 Å². The molecule has 5 heteroatoms. The van der Waals surface area contributed by atoms with Crippen LogP contribution in [-0.4, -0.2) is 44.3 Å². The molecule has 0 radical (unpaired) electrons. The number of nitrogens with zero attached hydrogens (tertiary/aromatic N) is 1. The predicted octanol–water partition coefficient (Wildman–Crippen LogP) is 1.48. The first-order chi connectivity index (χ1) is 6.47. The monoisotopic (exact) mass is 210 g/mol. The number of rotatable bonds is 4. The Balaban J connectivity index is 1.99. The Hall–Kier alpha value is -0.290. The van der Waals surface area contributed by atoms with Crippen LogP contribution in [0.2, 0.25) is 0 Å². The van der Waals surface area contributed by atoms with E-state index in [-0.39, 0.29) is 6.54 Å². The Bertz CT molecular complexity index is 170. The van der Waals surface area contributed by atoms with Crippen LogP contribution in [0.4, 0.5) is 13.2 Å². The maximum atomic E-state index is 11.8. The van der Waals surface area contributed by atoms with E-state index in [1.807, 2.05) is 7.05 Å². The highest BCUT2D eigenvalue weighted by molar-refractivity contribution is 4.74. The second kappa shape index (κ2) is 4.98. The zero-order valence-corrected chi connectivity index (χ0v) is 8.40. The largest absolute Gasteiger partial charge is 0.390 e. The van der Waals surface area contributed by atoms with Gasteiger partial charge in [0.2, 0.25) is 0 Å². The molecule has 1 fully saturated rings. The minimum atomic E-state index is -4.03. The summed E-state index contributed by atoms with van der Waals surface area (Å²) in [4.78, 5) is 2.20. The van der Waals surface area contributed by atoms with E-state index in [1.165, 1.54) is 0 Å². The third kappa shape index (κ3) is 4.81. The molecule has 1 aliphatic heterocycles. The fourth-order valence-corrected chi connectivity index (χ4v) is 1.73. The van der Waals surface area contributed by atoms with Gasteiger partial charge in [0.05, 0.1) is 6.42 Å². The second-order valence-corrected chi connectivity index (χ2v) is 3.99. The maximum Gasteiger partial charge on any atom is 0.390 e. The average Bonchev–Trinajstić information content (AvgIpc) is 2.44. The SMILES string of the molecule is CN1CCC(CNCCC(F)(F)F)C1. The first-order valence-corrected chi connectivity index (χ1v) is 4.93. The molecule has 1 heterocycles. The second-order valence-electron chi connectivity index (χ2n) is 3.99. The van der Waals surface area contributed by atoms with E-state index in [9.17, 15) is 13.2 Å². The van der Waals surface area contributed by atoms with Crippen molar-refractivity contribution in [2.45, 2.75) is 19.0 Å². The van der Waals surface area contributed by atoms with E-state index < -0.39 is 12.6 Å². The van der Waals surface area contributed by atoms with Crippen molar-refractivity contribution >= 4 is 0 Å². The van der Waals surface area contributed by atoms with Gasteiger partial charge in [0.1, 0.15) is 0 Å². The van der Waals surface area contributed by atoms with Gasteiger partial charge in [-0.05, 0) is 32.5 Å². The Morgan fingerprint density at radius 1 is 1.43 bits per heavy atom. The summed E-state index contributed by atoms with van der Waals surface area (Å²) in [7, 11) is 2.04. The molecular weight excluding hydrogens is 193 g/mol. The van der Waals surface area contributed by atoms with Gasteiger partial charge in [-0.3, -0.25) is 0 Å². The van der Waals surface area contributed by atoms with Crippen LogP contribution in [0.3, 0.4) is 0 Å². The summed E-state index contributed by atoms with van der Waals surface area (Å²) in [6.07, 6.45) is -3.66. The fraction of sp³-hybridized carbons (Fsp3) is 1.00. The number of hydrogen-bond donors (Lipinski definition) is 1. The van der Waals surface area contributed by atoms with Gasteiger partial charge in [0.25, 0.3) is 0 Å². The van der Waals surface area contributed by atoms with Crippen LogP contribution in [0.25, 0.3) is 0 Å². The molecule has 1 saturated heterocycles. The average molecular weight is 210 g/mol. The lowest BCUT2D eigenvalue weighted by Crippen LogP contribution is -2.28. The van der Waals surface area contributed by atoms with Crippen LogP contribution in [-0.2, 0) is 0 Å². The van der Waals surface area contributed by atoms with Crippen LogP contribution in [0.5, 0.6) is 0 Å². The summed E-state index contributed by atoms with van der Waals surface area (Å²) >= 11 is 0. The van der Waals surface area contributed by atoms with Crippen molar-refractivity contribution in [3.8, 4) is 0 Å². The molecule has 1 aliphatic rings. The number of alkyl halides is 3. The van der Waals surface area contributed by atoms with Gasteiger partial charge in [0.15, 0.2) is 0 Å². The van der Waals surface area contributed by atoms with Crippen molar-refractivity contribution in [2.75, 3.05) is 33.2 Å². The maximum absolute atomic E-state index is 11.8. The van der Waals surface area contributed by atoms with Crippen LogP contribution >= 0.6 is 0 Å². The van der Waals surface area contributed by atoms with Crippen molar-refractivity contribution in [3.05, 3.63) is 0 Å². The highest BCUT2D eigenvalue weighted by Crippen LogP contribution is 2.18. The highest BCUT2D eigenvalue weighted by atomic mass is 19.4. The van der Waals surface area contributed by atoms with E-state index >= 15 is 0 Å². The molecule has 1 atom stereocenters. The van der Waals surface area contributed by atoms with E-state index in [4.69, 9.17) is 0 Å². The Labute approximate surface area is 82.5 Å². The Morgan fingerprint density at radius 3 is 2.64 bits per heavy atom. The molecule has 84 valence electrons. The van der Waals surface area contributed by atoms with E-state index in [0.29, 0.717) is 12.5 Å². The van der Waals surface area contributed by atoms with E-state index in [2.05, 4.69) is 10.2 Å². The van der Waals surface area contributed by atoms with Crippen LogP contribution in [0, 0.1) is 5.92 Å². The lowest BCUT2D eigenvalue weighted by molar-refractivity contribution is -0.133. The standard InChI is InChI=1S/C9H17F3N2/c1-14-5-2-8(7-14)6-13-4-3-9(10,11)12/h8,13H,2-7H2,1H3. The minimum absolute atomic E-state index is 0.0454. The van der Waals surface area contributed by atoms with Gasteiger partial charge in [-0.1, -0.05) is 0 Å². The predicted molar refractivity (Wildman–Crippen MR) is 49.1 cm³/mol. The molecule has 1 N–H and O–H groups in total. The number of likely N-dealkylation sites (tertiary alicyclic amines) is 1. The normalized spacial score (nSPS) is 24.4. The van der Waals surface area contributed by atoms with Crippen LogP contribution < -0.4 is 5.32 Å². The summed E-state index contributed by atoms with van der Waals surface area (Å²) in [6.45, 7) is 2.81. The van der Waals surface area contributed by atoms with Gasteiger partial charge in [-0.15, -0.1) is 0 Å². The summed E-state index contributed by atoms with van der Waals surface area (Å²) in [5, 5.41) is 2.86. The molecule has 0 aromatic carbocycles. The highest BCUT2D eigenvalue weighted by Gasteiger charge is 2.26. The lowest BCUT2D eigenvalue weighted by atomic mass is 10.1. The van der Waals surface area contributed by atoms with Gasteiger partial charge in [0, 0.05) is 13.1 Å². The Kier molecular flexibility index (Phi) is 4.19. The summed E-state index contributed by atoms with van der Waals surface area (Å²) in [5.41, 5.74) is 0. The zero-order chi connectivity index (χ0) is 10.6. The molecule has 1 unspecified atom stereocenters. The molecule has 0 amide bonds. The zero-order valence-electron chi connectivity index (χ0n) is 8.40. The lowest BCUT2D eigenvalue weighted by Gasteiger charge is -2.12. The number of nitrogens with one attached hydrogen (secondary N) is 1. The first kappa shape index (κ1) is 11.8. The molecular formula is C9H17F3N2. The van der Waals surface area contributed by atoms with Crippen molar-refractivity contribution in [2.24, 2.45) is 5.92 Å². The number of halogens is 3. The molecule has 0 aliphatic carbocycles. The van der Waals surface area contributed by atoms with Crippen molar-refractivity contribution in [1.29, 1.82) is 0 Å². The smallest absolute Gasteiger partial charge is 0.316 e. The summed E-state index contributed by atoms with van der Waals surface area (Å²) < 4.78 is 35.3. The van der Waals surface area contributed by atoms with E-state index in [1.54, 1.807) is 0 Å². The fourth-order valence-electron chi connectivity index (χ4n) is 1.73. The number of hydrogen-bond acceptors (Lipinski definition) is 2. The van der Waals surface area contributed by atoms with Gasteiger partial charge in [-0.2, -0.15) is 13.2 Å². The van der Waals surface area contributed by atoms with Crippen molar-refractivity contribution in [3.63, 3.8) is 0 Å². The van der Waals surface area contributed by atoms with Crippen molar-refractivity contribution < 1.29 is 13.2 Å². The molecule has 2 nitrogen and oxygen atoms in total. The van der Waals surface area contributed by atoms with Crippen LogP contribution in [0.15, 0.2) is 0 Å². The molecule has 0 saturated carbocycles. The van der Waals surface area contributed by atoms with Crippen LogP contribution in [0.1, 0.15) is 12.8 Å². The minimum Gasteiger partial charge on any atom is -0.316 e. The van der Waals surface area contributed by atoms with Gasteiger partial charge >= 0.3 is 6.18 Å². The van der Waals surface area contributed by atoms with Crippen molar-refractivity contribution in [1.82, 2.24) is 10.2 Å². The third-order valence-electron chi connectivity index (χ3n) is 2.51. The topological polar surface area (TPSA) is 15.3 Å². The van der Waals surface area contributed by atoms with Gasteiger partial charge < -0.3 is 10.2 Å². The molecule has 0 aromatic heterocycles. The molecule has 0 spiro atoms. The van der Waals surface area contributed by atoms with E-state index in [0.717, 1.165) is 19.5 Å².